The van der Waals surface area contributed by atoms with Gasteiger partial charge < -0.3 is 4.84 Å². The molecule has 0 bridgehead atoms. The fraction of sp³-hybridized carbons (Fsp3) is 0.0769. The zero-order valence-corrected chi connectivity index (χ0v) is 8.63. The van der Waals surface area contributed by atoms with Crippen LogP contribution in [0.15, 0.2) is 60.7 Å². The van der Waals surface area contributed by atoms with Gasteiger partial charge in [0.2, 0.25) is 0 Å². The third-order valence-corrected chi connectivity index (χ3v) is 2.11. The molecule has 0 fully saturated rings. The Bertz CT molecular complexity index is 399. The fourth-order valence-electron chi connectivity index (χ4n) is 1.33. The molecule has 2 aromatic carbocycles. The van der Waals surface area contributed by atoms with Gasteiger partial charge in [0.1, 0.15) is 0 Å². The molecule has 0 aliphatic carbocycles. The molecule has 0 N–H and O–H groups in total. The summed E-state index contributed by atoms with van der Waals surface area (Å²) >= 11 is 0. The summed E-state index contributed by atoms with van der Waals surface area (Å²) in [5.41, 5.74) is 1.03. The molecule has 0 saturated heterocycles. The molecule has 0 amide bonds. The van der Waals surface area contributed by atoms with Gasteiger partial charge in [0.05, 0.1) is 5.69 Å². The standard InChI is InChI=1S/C13H13NO/c1-14(12-8-4-2-5-9-12)15-13-10-6-3-7-11-13/h2-11H,1H3. The Labute approximate surface area is 89.7 Å². The van der Waals surface area contributed by atoms with E-state index in [0.717, 1.165) is 11.4 Å². The Morgan fingerprint density at radius 2 is 1.33 bits per heavy atom. The van der Waals surface area contributed by atoms with Gasteiger partial charge >= 0.3 is 0 Å². The first-order chi connectivity index (χ1) is 7.36. The van der Waals surface area contributed by atoms with E-state index in [1.165, 1.54) is 0 Å². The van der Waals surface area contributed by atoms with E-state index in [-0.39, 0.29) is 0 Å². The number of benzene rings is 2. The zero-order chi connectivity index (χ0) is 10.5. The number of anilines is 1. The largest absolute Gasteiger partial charge is 0.380 e. The highest BCUT2D eigenvalue weighted by atomic mass is 16.7. The molecular formula is C13H13NO. The summed E-state index contributed by atoms with van der Waals surface area (Å²) in [6.45, 7) is 0. The van der Waals surface area contributed by atoms with Crippen molar-refractivity contribution in [2.45, 2.75) is 0 Å². The van der Waals surface area contributed by atoms with Crippen molar-refractivity contribution in [3.05, 3.63) is 60.7 Å². The van der Waals surface area contributed by atoms with Crippen molar-refractivity contribution in [1.29, 1.82) is 0 Å². The van der Waals surface area contributed by atoms with Crippen LogP contribution >= 0.6 is 0 Å². The molecule has 2 nitrogen and oxygen atoms in total. The second-order valence-corrected chi connectivity index (χ2v) is 3.24. The van der Waals surface area contributed by atoms with Crippen LogP contribution in [0.1, 0.15) is 0 Å². The van der Waals surface area contributed by atoms with Gasteiger partial charge in [-0.1, -0.05) is 36.4 Å². The van der Waals surface area contributed by atoms with Crippen molar-refractivity contribution in [2.24, 2.45) is 0 Å². The Kier molecular flexibility index (Phi) is 2.88. The van der Waals surface area contributed by atoms with E-state index in [9.17, 15) is 0 Å². The summed E-state index contributed by atoms with van der Waals surface area (Å²) in [6.07, 6.45) is 0. The lowest BCUT2D eigenvalue weighted by Crippen LogP contribution is -2.21. The number of nitrogens with zero attached hydrogens (tertiary/aromatic N) is 1. The minimum atomic E-state index is 0.837. The highest BCUT2D eigenvalue weighted by Gasteiger charge is 2.00. The van der Waals surface area contributed by atoms with Crippen LogP contribution in [-0.4, -0.2) is 7.05 Å². The van der Waals surface area contributed by atoms with E-state index in [4.69, 9.17) is 4.84 Å². The molecule has 2 aromatic rings. The molecule has 0 aliphatic rings. The van der Waals surface area contributed by atoms with Crippen molar-refractivity contribution < 1.29 is 4.84 Å². The third kappa shape index (κ3) is 2.50. The second kappa shape index (κ2) is 4.51. The van der Waals surface area contributed by atoms with Gasteiger partial charge in [0.15, 0.2) is 5.75 Å². The lowest BCUT2D eigenvalue weighted by molar-refractivity contribution is 0.303. The Balaban J connectivity index is 2.08. The molecule has 0 spiro atoms. The Morgan fingerprint density at radius 3 is 1.93 bits per heavy atom. The Morgan fingerprint density at radius 1 is 0.800 bits per heavy atom. The van der Waals surface area contributed by atoms with Crippen LogP contribution in [0.25, 0.3) is 0 Å². The molecule has 2 heteroatoms. The van der Waals surface area contributed by atoms with Crippen LogP contribution in [-0.2, 0) is 0 Å². The Hall–Kier alpha value is -1.96. The molecular weight excluding hydrogens is 186 g/mol. The summed E-state index contributed by atoms with van der Waals surface area (Å²) < 4.78 is 0. The van der Waals surface area contributed by atoms with Crippen molar-refractivity contribution >= 4 is 5.69 Å². The third-order valence-electron chi connectivity index (χ3n) is 2.11. The molecule has 0 saturated carbocycles. The maximum Gasteiger partial charge on any atom is 0.155 e. The summed E-state index contributed by atoms with van der Waals surface area (Å²) in [7, 11) is 1.89. The van der Waals surface area contributed by atoms with Crippen LogP contribution in [0, 0.1) is 0 Å². The first kappa shape index (κ1) is 9.59. The van der Waals surface area contributed by atoms with E-state index in [1.54, 1.807) is 5.06 Å². The van der Waals surface area contributed by atoms with E-state index < -0.39 is 0 Å². The quantitative estimate of drug-likeness (QED) is 0.704. The summed E-state index contributed by atoms with van der Waals surface area (Å²) in [4.78, 5) is 5.63. The van der Waals surface area contributed by atoms with Crippen LogP contribution < -0.4 is 9.90 Å². The molecule has 0 aliphatic heterocycles. The van der Waals surface area contributed by atoms with E-state index in [2.05, 4.69) is 0 Å². The molecule has 0 heterocycles. The topological polar surface area (TPSA) is 12.5 Å². The average Bonchev–Trinajstić information content (AvgIpc) is 2.31. The summed E-state index contributed by atoms with van der Waals surface area (Å²) in [6, 6.07) is 19.7. The van der Waals surface area contributed by atoms with Gasteiger partial charge in [-0.3, -0.25) is 0 Å². The highest BCUT2D eigenvalue weighted by Crippen LogP contribution is 2.15. The zero-order valence-electron chi connectivity index (χ0n) is 8.63. The number of rotatable bonds is 3. The maximum atomic E-state index is 5.63. The molecule has 2 rings (SSSR count). The highest BCUT2D eigenvalue weighted by molar-refractivity contribution is 5.43. The predicted octanol–water partition coefficient (Wildman–Crippen LogP) is 3.12. The van der Waals surface area contributed by atoms with Crippen LogP contribution in [0.5, 0.6) is 5.75 Å². The van der Waals surface area contributed by atoms with Crippen LogP contribution in [0.3, 0.4) is 0 Å². The van der Waals surface area contributed by atoms with Gasteiger partial charge in [0, 0.05) is 7.05 Å². The molecule has 0 atom stereocenters. The first-order valence-electron chi connectivity index (χ1n) is 4.88. The van der Waals surface area contributed by atoms with E-state index in [0.29, 0.717) is 0 Å². The maximum absolute atomic E-state index is 5.63. The molecule has 0 aromatic heterocycles. The molecule has 0 unspecified atom stereocenters. The van der Waals surface area contributed by atoms with Gasteiger partial charge in [0.25, 0.3) is 0 Å². The van der Waals surface area contributed by atoms with Crippen molar-refractivity contribution in [1.82, 2.24) is 0 Å². The van der Waals surface area contributed by atoms with Crippen LogP contribution in [0.4, 0.5) is 5.69 Å². The first-order valence-corrected chi connectivity index (χ1v) is 4.88. The minimum absolute atomic E-state index is 0.837. The normalized spacial score (nSPS) is 9.67. The van der Waals surface area contributed by atoms with Gasteiger partial charge in [-0.05, 0) is 24.3 Å². The van der Waals surface area contributed by atoms with Gasteiger partial charge in [-0.15, -0.1) is 0 Å². The lowest BCUT2D eigenvalue weighted by atomic mass is 10.3. The summed E-state index contributed by atoms with van der Waals surface area (Å²) in [5.74, 6) is 0.837. The van der Waals surface area contributed by atoms with Crippen molar-refractivity contribution in [3.63, 3.8) is 0 Å². The van der Waals surface area contributed by atoms with Gasteiger partial charge in [-0.2, -0.15) is 0 Å². The number of hydrogen-bond acceptors (Lipinski definition) is 2. The molecule has 76 valence electrons. The molecule has 0 radical (unpaired) electrons. The predicted molar refractivity (Wildman–Crippen MR) is 61.9 cm³/mol. The summed E-state index contributed by atoms with van der Waals surface area (Å²) in [5, 5.41) is 1.75. The van der Waals surface area contributed by atoms with E-state index >= 15 is 0 Å². The number of hydroxylamine groups is 1. The second-order valence-electron chi connectivity index (χ2n) is 3.24. The number of hydrogen-bond donors (Lipinski definition) is 0. The smallest absolute Gasteiger partial charge is 0.155 e. The average molecular weight is 199 g/mol. The van der Waals surface area contributed by atoms with Crippen LogP contribution in [0.2, 0.25) is 0 Å². The molecule has 15 heavy (non-hydrogen) atoms. The fourth-order valence-corrected chi connectivity index (χ4v) is 1.33. The van der Waals surface area contributed by atoms with Crippen molar-refractivity contribution in [3.8, 4) is 5.75 Å². The minimum Gasteiger partial charge on any atom is -0.380 e. The monoisotopic (exact) mass is 199 g/mol. The SMILES string of the molecule is CN(Oc1ccccc1)c1ccccc1. The van der Waals surface area contributed by atoms with Crippen molar-refractivity contribution in [2.75, 3.05) is 12.1 Å². The number of para-hydroxylation sites is 2. The van der Waals surface area contributed by atoms with E-state index in [1.807, 2.05) is 67.7 Å². The van der Waals surface area contributed by atoms with Gasteiger partial charge in [-0.25, -0.2) is 5.06 Å². The lowest BCUT2D eigenvalue weighted by Gasteiger charge is -2.19.